The minimum Gasteiger partial charge on any atom is -0.254 e. The topological polar surface area (TPSA) is 17.1 Å². The third-order valence-electron chi connectivity index (χ3n) is 1.59. The Morgan fingerprint density at radius 3 is 2.62 bits per heavy atom. The van der Waals surface area contributed by atoms with Crippen molar-refractivity contribution in [1.82, 2.24) is 0 Å². The van der Waals surface area contributed by atoms with Crippen LogP contribution in [0, 0.1) is 0 Å². The molecule has 0 fully saturated rings. The first kappa shape index (κ1) is 10.7. The number of allylic oxidation sites excluding steroid dienone is 1. The number of halogens is 1. The highest BCUT2D eigenvalue weighted by Crippen LogP contribution is 2.12. The van der Waals surface area contributed by atoms with Gasteiger partial charge < -0.3 is 0 Å². The molecule has 1 rings (SSSR count). The van der Waals surface area contributed by atoms with Crippen LogP contribution >= 0.6 is 15.9 Å². The van der Waals surface area contributed by atoms with Gasteiger partial charge in [-0.2, -0.15) is 0 Å². The van der Waals surface area contributed by atoms with Crippen LogP contribution in [0.1, 0.15) is 6.92 Å². The van der Waals surface area contributed by atoms with Crippen molar-refractivity contribution in [3.63, 3.8) is 0 Å². The van der Waals surface area contributed by atoms with E-state index in [1.54, 1.807) is 0 Å². The van der Waals surface area contributed by atoms with Crippen LogP contribution < -0.4 is 0 Å². The standard InChI is InChI=1S/C10H11BrOS/c1-2-9(11)8-13(12)10-6-4-3-5-7-10/h2-7H,8H2,1H3/b9-2-. The number of benzene rings is 1. The summed E-state index contributed by atoms with van der Waals surface area (Å²) in [5.41, 5.74) is 0. The van der Waals surface area contributed by atoms with Gasteiger partial charge in [-0.3, -0.25) is 4.21 Å². The summed E-state index contributed by atoms with van der Waals surface area (Å²) in [6, 6.07) is 9.48. The summed E-state index contributed by atoms with van der Waals surface area (Å²) in [7, 11) is -0.929. The molecule has 1 aromatic rings. The zero-order valence-electron chi connectivity index (χ0n) is 7.37. The van der Waals surface area contributed by atoms with Crippen molar-refractivity contribution < 1.29 is 4.21 Å². The summed E-state index contributed by atoms with van der Waals surface area (Å²) >= 11 is 3.34. The highest BCUT2D eigenvalue weighted by atomic mass is 79.9. The van der Waals surface area contributed by atoms with Crippen molar-refractivity contribution in [2.45, 2.75) is 11.8 Å². The zero-order valence-corrected chi connectivity index (χ0v) is 9.77. The van der Waals surface area contributed by atoms with Crippen LogP contribution in [-0.2, 0) is 10.8 Å². The Bertz CT molecular complexity index is 319. The van der Waals surface area contributed by atoms with Gasteiger partial charge in [0.1, 0.15) is 0 Å². The average molecular weight is 259 g/mol. The van der Waals surface area contributed by atoms with Crippen molar-refractivity contribution in [3.8, 4) is 0 Å². The van der Waals surface area contributed by atoms with Gasteiger partial charge in [-0.25, -0.2) is 0 Å². The average Bonchev–Trinajstić information content (AvgIpc) is 2.19. The van der Waals surface area contributed by atoms with E-state index in [1.165, 1.54) is 0 Å². The second kappa shape index (κ2) is 5.35. The van der Waals surface area contributed by atoms with Crippen molar-refractivity contribution in [3.05, 3.63) is 40.9 Å². The monoisotopic (exact) mass is 258 g/mol. The molecule has 0 radical (unpaired) electrons. The van der Waals surface area contributed by atoms with Crippen LogP contribution in [0.2, 0.25) is 0 Å². The molecule has 0 saturated heterocycles. The fraction of sp³-hybridized carbons (Fsp3) is 0.200. The Morgan fingerprint density at radius 1 is 1.46 bits per heavy atom. The van der Waals surface area contributed by atoms with Crippen molar-refractivity contribution in [2.24, 2.45) is 0 Å². The quantitative estimate of drug-likeness (QED) is 0.815. The molecular weight excluding hydrogens is 248 g/mol. The van der Waals surface area contributed by atoms with Gasteiger partial charge in [-0.1, -0.05) is 40.2 Å². The highest BCUT2D eigenvalue weighted by Gasteiger charge is 2.03. The first-order valence-corrected chi connectivity index (χ1v) is 6.09. The van der Waals surface area contributed by atoms with E-state index in [0.29, 0.717) is 5.75 Å². The molecule has 70 valence electrons. The van der Waals surface area contributed by atoms with E-state index in [-0.39, 0.29) is 0 Å². The van der Waals surface area contributed by atoms with Gasteiger partial charge in [-0.15, -0.1) is 0 Å². The molecule has 1 aromatic carbocycles. The maximum atomic E-state index is 11.7. The van der Waals surface area contributed by atoms with Gasteiger partial charge in [0.2, 0.25) is 0 Å². The van der Waals surface area contributed by atoms with Crippen LogP contribution in [0.4, 0.5) is 0 Å². The lowest BCUT2D eigenvalue weighted by Crippen LogP contribution is -1.97. The first-order valence-electron chi connectivity index (χ1n) is 3.98. The molecule has 0 N–H and O–H groups in total. The number of rotatable bonds is 3. The van der Waals surface area contributed by atoms with Gasteiger partial charge in [0.05, 0.1) is 16.6 Å². The Morgan fingerprint density at radius 2 is 2.08 bits per heavy atom. The SMILES string of the molecule is C/C=C(\Br)CS(=O)c1ccccc1. The van der Waals surface area contributed by atoms with E-state index in [9.17, 15) is 4.21 Å². The largest absolute Gasteiger partial charge is 0.254 e. The van der Waals surface area contributed by atoms with E-state index >= 15 is 0 Å². The van der Waals surface area contributed by atoms with Crippen LogP contribution in [0.25, 0.3) is 0 Å². The van der Waals surface area contributed by atoms with Gasteiger partial charge in [0.15, 0.2) is 0 Å². The molecule has 13 heavy (non-hydrogen) atoms. The Kier molecular flexibility index (Phi) is 4.39. The van der Waals surface area contributed by atoms with Crippen molar-refractivity contribution >= 4 is 26.7 Å². The molecule has 0 amide bonds. The van der Waals surface area contributed by atoms with Gasteiger partial charge >= 0.3 is 0 Å². The number of hydrogen-bond acceptors (Lipinski definition) is 1. The van der Waals surface area contributed by atoms with Gasteiger partial charge in [0, 0.05) is 9.38 Å². The maximum Gasteiger partial charge on any atom is 0.0595 e. The molecule has 0 aliphatic rings. The molecule has 1 atom stereocenters. The molecule has 0 bridgehead atoms. The Labute approximate surface area is 89.4 Å². The van der Waals surface area contributed by atoms with Crippen molar-refractivity contribution in [2.75, 3.05) is 5.75 Å². The van der Waals surface area contributed by atoms with Gasteiger partial charge in [0.25, 0.3) is 0 Å². The highest BCUT2D eigenvalue weighted by molar-refractivity contribution is 9.11. The molecule has 0 aliphatic carbocycles. The molecule has 3 heteroatoms. The number of hydrogen-bond donors (Lipinski definition) is 0. The molecule has 0 aliphatic heterocycles. The summed E-state index contributed by atoms with van der Waals surface area (Å²) in [5, 5.41) is 0. The maximum absolute atomic E-state index is 11.7. The Hall–Kier alpha value is -0.410. The smallest absolute Gasteiger partial charge is 0.0595 e. The summed E-state index contributed by atoms with van der Waals surface area (Å²) in [5.74, 6) is 0.556. The van der Waals surface area contributed by atoms with Crippen LogP contribution in [0.3, 0.4) is 0 Å². The van der Waals surface area contributed by atoms with Crippen LogP contribution in [-0.4, -0.2) is 9.96 Å². The molecule has 1 unspecified atom stereocenters. The molecule has 1 nitrogen and oxygen atoms in total. The predicted molar refractivity (Wildman–Crippen MR) is 60.4 cm³/mol. The van der Waals surface area contributed by atoms with E-state index < -0.39 is 10.8 Å². The van der Waals surface area contributed by atoms with E-state index in [1.807, 2.05) is 43.3 Å². The van der Waals surface area contributed by atoms with E-state index in [4.69, 9.17) is 0 Å². The van der Waals surface area contributed by atoms with Crippen LogP contribution in [0.15, 0.2) is 45.8 Å². The molecule has 0 saturated carbocycles. The third kappa shape index (κ3) is 3.44. The third-order valence-corrected chi connectivity index (χ3v) is 4.07. The zero-order chi connectivity index (χ0) is 9.68. The summed E-state index contributed by atoms with van der Waals surface area (Å²) in [4.78, 5) is 0.876. The van der Waals surface area contributed by atoms with Crippen LogP contribution in [0.5, 0.6) is 0 Å². The summed E-state index contributed by atoms with van der Waals surface area (Å²) < 4.78 is 12.6. The van der Waals surface area contributed by atoms with E-state index in [0.717, 1.165) is 9.38 Å². The summed E-state index contributed by atoms with van der Waals surface area (Å²) in [6.45, 7) is 1.92. The van der Waals surface area contributed by atoms with Gasteiger partial charge in [-0.05, 0) is 19.1 Å². The lowest BCUT2D eigenvalue weighted by atomic mass is 10.4. The predicted octanol–water partition coefficient (Wildman–Crippen LogP) is 3.09. The van der Waals surface area contributed by atoms with E-state index in [2.05, 4.69) is 15.9 Å². The van der Waals surface area contributed by atoms with Crippen molar-refractivity contribution in [1.29, 1.82) is 0 Å². The fourth-order valence-corrected chi connectivity index (χ4v) is 2.53. The lowest BCUT2D eigenvalue weighted by Gasteiger charge is -2.00. The molecular formula is C10H11BrOS. The minimum atomic E-state index is -0.929. The second-order valence-corrected chi connectivity index (χ2v) is 5.01. The molecule has 0 spiro atoms. The first-order chi connectivity index (χ1) is 6.24. The summed E-state index contributed by atoms with van der Waals surface area (Å²) in [6.07, 6.45) is 1.92. The second-order valence-electron chi connectivity index (χ2n) is 2.54. The molecule has 0 aromatic heterocycles. The fourth-order valence-electron chi connectivity index (χ4n) is 0.864. The molecule has 0 heterocycles. The minimum absolute atomic E-state index is 0.556. The Balaban J connectivity index is 2.70. The lowest BCUT2D eigenvalue weighted by molar-refractivity contribution is 0.685. The normalized spacial score (nSPS) is 14.2.